The molecule has 1 aromatic heterocycles. The van der Waals surface area contributed by atoms with Crippen molar-refractivity contribution in [3.8, 4) is 17.2 Å². The van der Waals surface area contributed by atoms with Crippen molar-refractivity contribution >= 4 is 23.1 Å². The van der Waals surface area contributed by atoms with Gasteiger partial charge in [0.1, 0.15) is 11.5 Å². The molecule has 0 radical (unpaired) electrons. The molecule has 168 valence electrons. The Morgan fingerprint density at radius 3 is 2.30 bits per heavy atom. The molecule has 0 bridgehead atoms. The number of methoxy groups -OCH3 is 3. The maximum atomic E-state index is 13.2. The van der Waals surface area contributed by atoms with Crippen LogP contribution in [0.5, 0.6) is 17.2 Å². The molecule has 1 fully saturated rings. The molecule has 8 nitrogen and oxygen atoms in total. The van der Waals surface area contributed by atoms with Gasteiger partial charge in [0.05, 0.1) is 32.9 Å². The SMILES string of the molecule is COc1cccc(N2C(=O)C(=O)/C(=C(/O)c3ccc(OC)c(OC)c3)C2c2ccncc2)c1. The maximum Gasteiger partial charge on any atom is 0.300 e. The highest BCUT2D eigenvalue weighted by Crippen LogP contribution is 2.43. The van der Waals surface area contributed by atoms with Crippen LogP contribution in [0.15, 0.2) is 72.6 Å². The van der Waals surface area contributed by atoms with Gasteiger partial charge in [0.2, 0.25) is 0 Å². The van der Waals surface area contributed by atoms with E-state index in [1.165, 1.54) is 26.2 Å². The van der Waals surface area contributed by atoms with E-state index in [0.717, 1.165) is 0 Å². The first-order chi connectivity index (χ1) is 16.0. The molecular formula is C25H22N2O6. The number of aliphatic hydroxyl groups excluding tert-OH is 1. The highest BCUT2D eigenvalue weighted by atomic mass is 16.5. The highest BCUT2D eigenvalue weighted by Gasteiger charge is 2.47. The van der Waals surface area contributed by atoms with E-state index in [-0.39, 0.29) is 11.3 Å². The number of anilines is 1. The normalized spacial score (nSPS) is 17.2. The smallest absolute Gasteiger partial charge is 0.300 e. The van der Waals surface area contributed by atoms with E-state index in [0.29, 0.717) is 34.1 Å². The Morgan fingerprint density at radius 2 is 1.64 bits per heavy atom. The Labute approximate surface area is 190 Å². The molecule has 0 saturated carbocycles. The van der Waals surface area contributed by atoms with Crippen LogP contribution < -0.4 is 19.1 Å². The minimum atomic E-state index is -0.867. The molecule has 3 aromatic rings. The number of nitrogens with zero attached hydrogens (tertiary/aromatic N) is 2. The number of rotatable bonds is 6. The lowest BCUT2D eigenvalue weighted by Gasteiger charge is -2.25. The quantitative estimate of drug-likeness (QED) is 0.350. The van der Waals surface area contributed by atoms with Gasteiger partial charge >= 0.3 is 0 Å². The Balaban J connectivity index is 1.93. The van der Waals surface area contributed by atoms with Gasteiger partial charge in [0.25, 0.3) is 11.7 Å². The van der Waals surface area contributed by atoms with Crippen LogP contribution in [0.1, 0.15) is 17.2 Å². The van der Waals surface area contributed by atoms with Gasteiger partial charge in [-0.3, -0.25) is 19.5 Å². The standard InChI is InChI=1S/C25H22N2O6/c1-31-18-6-4-5-17(14-18)27-22(15-9-11-26-12-10-15)21(24(29)25(27)30)23(28)16-7-8-19(32-2)20(13-16)33-3/h4-14,22,28H,1-3H3/b23-21+. The van der Waals surface area contributed by atoms with Crippen molar-refractivity contribution in [3.63, 3.8) is 0 Å². The summed E-state index contributed by atoms with van der Waals surface area (Å²) in [5.74, 6) is -0.496. The minimum absolute atomic E-state index is 0.0405. The van der Waals surface area contributed by atoms with E-state index in [4.69, 9.17) is 14.2 Å². The van der Waals surface area contributed by atoms with Crippen molar-refractivity contribution in [2.45, 2.75) is 6.04 Å². The maximum absolute atomic E-state index is 13.2. The van der Waals surface area contributed by atoms with Crippen LogP contribution in [-0.4, -0.2) is 43.1 Å². The largest absolute Gasteiger partial charge is 0.507 e. The van der Waals surface area contributed by atoms with Crippen LogP contribution in [0, 0.1) is 0 Å². The van der Waals surface area contributed by atoms with Gasteiger partial charge < -0.3 is 19.3 Å². The zero-order valence-electron chi connectivity index (χ0n) is 18.3. The zero-order chi connectivity index (χ0) is 23.5. The zero-order valence-corrected chi connectivity index (χ0v) is 18.3. The number of ether oxygens (including phenoxy) is 3. The summed E-state index contributed by atoms with van der Waals surface area (Å²) in [5.41, 5.74) is 1.36. The highest BCUT2D eigenvalue weighted by molar-refractivity contribution is 6.51. The Hall–Kier alpha value is -4.33. The molecule has 4 rings (SSSR count). The van der Waals surface area contributed by atoms with Crippen LogP contribution in [-0.2, 0) is 9.59 Å². The van der Waals surface area contributed by atoms with Gasteiger partial charge in [-0.25, -0.2) is 0 Å². The van der Waals surface area contributed by atoms with E-state index < -0.39 is 17.7 Å². The summed E-state index contributed by atoms with van der Waals surface area (Å²) in [6, 6.07) is 14.1. The van der Waals surface area contributed by atoms with Crippen molar-refractivity contribution in [1.29, 1.82) is 0 Å². The summed E-state index contributed by atoms with van der Waals surface area (Å²) < 4.78 is 15.9. The number of Topliss-reactive ketones (excluding diaryl/α,β-unsaturated/α-hetero) is 1. The molecule has 1 aliphatic rings. The fraction of sp³-hybridized carbons (Fsp3) is 0.160. The first kappa shape index (κ1) is 21.9. The average Bonchev–Trinajstić information content (AvgIpc) is 3.13. The van der Waals surface area contributed by atoms with Gasteiger partial charge in [-0.15, -0.1) is 0 Å². The molecule has 2 heterocycles. The van der Waals surface area contributed by atoms with Crippen molar-refractivity contribution in [1.82, 2.24) is 4.98 Å². The third-order valence-electron chi connectivity index (χ3n) is 5.45. The van der Waals surface area contributed by atoms with Crippen molar-refractivity contribution in [2.75, 3.05) is 26.2 Å². The second-order valence-electron chi connectivity index (χ2n) is 7.22. The van der Waals surface area contributed by atoms with Crippen molar-refractivity contribution < 1.29 is 28.9 Å². The number of benzene rings is 2. The molecule has 1 unspecified atom stereocenters. The van der Waals surface area contributed by atoms with E-state index in [1.54, 1.807) is 67.0 Å². The molecule has 0 spiro atoms. The van der Waals surface area contributed by atoms with Crippen LogP contribution >= 0.6 is 0 Å². The lowest BCUT2D eigenvalue weighted by Crippen LogP contribution is -2.29. The van der Waals surface area contributed by atoms with Crippen LogP contribution in [0.4, 0.5) is 5.69 Å². The third kappa shape index (κ3) is 3.87. The van der Waals surface area contributed by atoms with Crippen LogP contribution in [0.2, 0.25) is 0 Å². The van der Waals surface area contributed by atoms with Crippen LogP contribution in [0.3, 0.4) is 0 Å². The topological polar surface area (TPSA) is 98.2 Å². The van der Waals surface area contributed by atoms with E-state index in [9.17, 15) is 14.7 Å². The minimum Gasteiger partial charge on any atom is -0.507 e. The number of amides is 1. The Kier molecular flexibility index (Phi) is 5.99. The summed E-state index contributed by atoms with van der Waals surface area (Å²) in [7, 11) is 4.49. The van der Waals surface area contributed by atoms with Gasteiger partial charge in [0.15, 0.2) is 11.5 Å². The summed E-state index contributed by atoms with van der Waals surface area (Å²) in [6.45, 7) is 0. The molecule has 1 N–H and O–H groups in total. The summed E-state index contributed by atoms with van der Waals surface area (Å²) in [6.07, 6.45) is 3.13. The number of carbonyl (C=O) groups excluding carboxylic acids is 2. The number of carbonyl (C=O) groups is 2. The predicted octanol–water partition coefficient (Wildman–Crippen LogP) is 3.73. The second-order valence-corrected chi connectivity index (χ2v) is 7.22. The Bertz CT molecular complexity index is 1240. The number of hydrogen-bond acceptors (Lipinski definition) is 7. The molecule has 1 amide bonds. The number of hydrogen-bond donors (Lipinski definition) is 1. The third-order valence-corrected chi connectivity index (χ3v) is 5.45. The first-order valence-electron chi connectivity index (χ1n) is 10.1. The lowest BCUT2D eigenvalue weighted by molar-refractivity contribution is -0.132. The van der Waals surface area contributed by atoms with E-state index >= 15 is 0 Å². The van der Waals surface area contributed by atoms with Gasteiger partial charge in [-0.1, -0.05) is 6.07 Å². The van der Waals surface area contributed by atoms with Gasteiger partial charge in [-0.05, 0) is 48.0 Å². The molecular weight excluding hydrogens is 424 g/mol. The number of pyridine rings is 1. The monoisotopic (exact) mass is 446 g/mol. The molecule has 0 aliphatic carbocycles. The number of ketones is 1. The second kappa shape index (κ2) is 9.04. The fourth-order valence-corrected chi connectivity index (χ4v) is 3.86. The molecule has 33 heavy (non-hydrogen) atoms. The van der Waals surface area contributed by atoms with Crippen molar-refractivity contribution in [3.05, 3.63) is 83.7 Å². The first-order valence-corrected chi connectivity index (χ1v) is 10.1. The molecule has 1 saturated heterocycles. The van der Waals surface area contributed by atoms with Crippen molar-refractivity contribution in [2.24, 2.45) is 0 Å². The predicted molar refractivity (Wildman–Crippen MR) is 122 cm³/mol. The summed E-state index contributed by atoms with van der Waals surface area (Å²) in [4.78, 5) is 31.8. The van der Waals surface area contributed by atoms with E-state index in [1.807, 2.05) is 0 Å². The van der Waals surface area contributed by atoms with Crippen LogP contribution in [0.25, 0.3) is 5.76 Å². The van der Waals surface area contributed by atoms with Gasteiger partial charge in [-0.2, -0.15) is 0 Å². The molecule has 8 heteroatoms. The molecule has 1 atom stereocenters. The number of aliphatic hydroxyl groups is 1. The summed E-state index contributed by atoms with van der Waals surface area (Å²) in [5, 5.41) is 11.2. The van der Waals surface area contributed by atoms with Gasteiger partial charge in [0, 0.05) is 29.7 Å². The van der Waals surface area contributed by atoms with E-state index in [2.05, 4.69) is 4.98 Å². The summed E-state index contributed by atoms with van der Waals surface area (Å²) >= 11 is 0. The number of aromatic nitrogens is 1. The molecule has 2 aromatic carbocycles. The lowest BCUT2D eigenvalue weighted by atomic mass is 9.95. The molecule has 1 aliphatic heterocycles. The Morgan fingerprint density at radius 1 is 0.909 bits per heavy atom. The average molecular weight is 446 g/mol. The fourth-order valence-electron chi connectivity index (χ4n) is 3.86.